The molecule has 0 amide bonds. The van der Waals surface area contributed by atoms with E-state index in [1.807, 2.05) is 6.08 Å². The van der Waals surface area contributed by atoms with Crippen LogP contribution in [0.25, 0.3) is 6.08 Å². The van der Waals surface area contributed by atoms with Crippen molar-refractivity contribution >= 4 is 21.8 Å². The Labute approximate surface area is 150 Å². The highest BCUT2D eigenvalue weighted by Gasteiger charge is 2.32. The minimum atomic E-state index is -3.94. The molecule has 0 spiro atoms. The van der Waals surface area contributed by atoms with Gasteiger partial charge < -0.3 is 0 Å². The molecule has 1 aliphatic heterocycles. The molecule has 0 saturated carbocycles. The number of piperidine rings is 1. The van der Waals surface area contributed by atoms with E-state index in [0.717, 1.165) is 11.1 Å². The molecule has 0 unspecified atom stereocenters. The van der Waals surface area contributed by atoms with Crippen LogP contribution in [0.4, 0.5) is 10.1 Å². The van der Waals surface area contributed by atoms with Crippen LogP contribution in [-0.2, 0) is 10.0 Å². The zero-order valence-electron chi connectivity index (χ0n) is 13.8. The molecule has 1 heterocycles. The second-order valence-corrected chi connectivity index (χ2v) is 7.89. The standard InChI is InChI=1S/C18H17FN2O4S/c19-16-5-3-4-15(13-16)12-14-8-10-20(11-9-14)26(24,25)18-7-2-1-6-17(18)21(22)23/h1-7,12-13H,8-11H2. The fourth-order valence-electron chi connectivity index (χ4n) is 2.96. The van der Waals surface area contributed by atoms with E-state index in [0.29, 0.717) is 12.8 Å². The first-order chi connectivity index (χ1) is 12.4. The molecule has 1 fully saturated rings. The molecule has 0 N–H and O–H groups in total. The topological polar surface area (TPSA) is 80.5 Å². The molecule has 1 aliphatic rings. The van der Waals surface area contributed by atoms with E-state index < -0.39 is 20.6 Å². The number of para-hydroxylation sites is 1. The van der Waals surface area contributed by atoms with Crippen LogP contribution in [-0.4, -0.2) is 30.7 Å². The molecule has 136 valence electrons. The minimum absolute atomic E-state index is 0.232. The highest BCUT2D eigenvalue weighted by molar-refractivity contribution is 7.89. The molecule has 26 heavy (non-hydrogen) atoms. The Hall–Kier alpha value is -2.58. The van der Waals surface area contributed by atoms with Crippen molar-refractivity contribution in [1.29, 1.82) is 0 Å². The zero-order valence-corrected chi connectivity index (χ0v) is 14.7. The Morgan fingerprint density at radius 2 is 1.77 bits per heavy atom. The monoisotopic (exact) mass is 376 g/mol. The van der Waals surface area contributed by atoms with Gasteiger partial charge in [-0.15, -0.1) is 0 Å². The van der Waals surface area contributed by atoms with Gasteiger partial charge in [-0.2, -0.15) is 4.31 Å². The lowest BCUT2D eigenvalue weighted by Crippen LogP contribution is -2.36. The molecule has 0 aliphatic carbocycles. The van der Waals surface area contributed by atoms with Crippen LogP contribution >= 0.6 is 0 Å². The van der Waals surface area contributed by atoms with Gasteiger partial charge in [-0.3, -0.25) is 10.1 Å². The molecule has 0 aromatic heterocycles. The number of hydrogen-bond donors (Lipinski definition) is 0. The number of nitrogens with zero attached hydrogens (tertiary/aromatic N) is 2. The average molecular weight is 376 g/mol. The van der Waals surface area contributed by atoms with E-state index in [2.05, 4.69) is 0 Å². The van der Waals surface area contributed by atoms with E-state index in [1.54, 1.807) is 12.1 Å². The van der Waals surface area contributed by atoms with Crippen molar-refractivity contribution in [3.63, 3.8) is 0 Å². The highest BCUT2D eigenvalue weighted by Crippen LogP contribution is 2.29. The summed E-state index contributed by atoms with van der Waals surface area (Å²) in [4.78, 5) is 10.1. The van der Waals surface area contributed by atoms with E-state index in [1.165, 1.54) is 40.7 Å². The summed E-state index contributed by atoms with van der Waals surface area (Å²) >= 11 is 0. The summed E-state index contributed by atoms with van der Waals surface area (Å²) in [6.45, 7) is 0.463. The molecule has 3 rings (SSSR count). The first-order valence-corrected chi connectivity index (χ1v) is 9.50. The molecule has 2 aromatic carbocycles. The summed E-state index contributed by atoms with van der Waals surface area (Å²) in [6, 6.07) is 11.5. The summed E-state index contributed by atoms with van der Waals surface area (Å²) in [7, 11) is -3.94. The first kappa shape index (κ1) is 18.2. The maximum Gasteiger partial charge on any atom is 0.289 e. The van der Waals surface area contributed by atoms with Crippen LogP contribution < -0.4 is 0 Å². The van der Waals surface area contributed by atoms with Crippen molar-refractivity contribution < 1.29 is 17.7 Å². The largest absolute Gasteiger partial charge is 0.289 e. The molecule has 0 atom stereocenters. The van der Waals surface area contributed by atoms with Gasteiger partial charge in [-0.25, -0.2) is 12.8 Å². The molecule has 8 heteroatoms. The second-order valence-electron chi connectivity index (χ2n) is 5.99. The van der Waals surface area contributed by atoms with Gasteiger partial charge in [0.25, 0.3) is 5.69 Å². The number of nitro groups is 1. The van der Waals surface area contributed by atoms with E-state index in [4.69, 9.17) is 0 Å². The number of halogens is 1. The molecule has 0 radical (unpaired) electrons. The van der Waals surface area contributed by atoms with Crippen LogP contribution in [0.5, 0.6) is 0 Å². The minimum Gasteiger partial charge on any atom is -0.258 e. The maximum absolute atomic E-state index is 13.3. The van der Waals surface area contributed by atoms with Crippen LogP contribution in [0.1, 0.15) is 18.4 Å². The Morgan fingerprint density at radius 3 is 2.42 bits per heavy atom. The van der Waals surface area contributed by atoms with Gasteiger partial charge in [0.15, 0.2) is 4.90 Å². The van der Waals surface area contributed by atoms with E-state index in [9.17, 15) is 22.9 Å². The lowest BCUT2D eigenvalue weighted by molar-refractivity contribution is -0.387. The third-order valence-electron chi connectivity index (χ3n) is 4.26. The van der Waals surface area contributed by atoms with Crippen molar-refractivity contribution in [3.8, 4) is 0 Å². The third kappa shape index (κ3) is 3.81. The summed E-state index contributed by atoms with van der Waals surface area (Å²) < 4.78 is 40.1. The van der Waals surface area contributed by atoms with Crippen LogP contribution in [0.2, 0.25) is 0 Å². The Bertz CT molecular complexity index is 963. The predicted molar refractivity (Wildman–Crippen MR) is 95.5 cm³/mol. The molecule has 1 saturated heterocycles. The lowest BCUT2D eigenvalue weighted by Gasteiger charge is -2.27. The van der Waals surface area contributed by atoms with Crippen molar-refractivity contribution in [2.45, 2.75) is 17.7 Å². The fourth-order valence-corrected chi connectivity index (χ4v) is 4.55. The van der Waals surface area contributed by atoms with E-state index >= 15 is 0 Å². The third-order valence-corrected chi connectivity index (χ3v) is 6.21. The Morgan fingerprint density at radius 1 is 1.08 bits per heavy atom. The van der Waals surface area contributed by atoms with Gasteiger partial charge in [-0.1, -0.05) is 35.9 Å². The fraction of sp³-hybridized carbons (Fsp3) is 0.222. The average Bonchev–Trinajstić information content (AvgIpc) is 2.62. The number of nitro benzene ring substituents is 1. The first-order valence-electron chi connectivity index (χ1n) is 8.06. The number of benzene rings is 2. The Kier molecular flexibility index (Phi) is 5.15. The van der Waals surface area contributed by atoms with Crippen molar-refractivity contribution in [3.05, 3.63) is 75.6 Å². The summed E-state index contributed by atoms with van der Waals surface area (Å²) in [6.07, 6.45) is 2.85. The van der Waals surface area contributed by atoms with E-state index in [-0.39, 0.29) is 23.8 Å². The predicted octanol–water partition coefficient (Wildman–Crippen LogP) is 3.60. The summed E-state index contributed by atoms with van der Waals surface area (Å²) in [5.41, 5.74) is 1.33. The number of sulfonamides is 1. The molecule has 0 bridgehead atoms. The van der Waals surface area contributed by atoms with Gasteiger partial charge in [-0.05, 0) is 36.6 Å². The highest BCUT2D eigenvalue weighted by atomic mass is 32.2. The Balaban J connectivity index is 1.78. The quantitative estimate of drug-likeness (QED) is 0.603. The van der Waals surface area contributed by atoms with Gasteiger partial charge in [0.2, 0.25) is 10.0 Å². The smallest absolute Gasteiger partial charge is 0.258 e. The van der Waals surface area contributed by atoms with Crippen LogP contribution in [0.15, 0.2) is 59.0 Å². The maximum atomic E-state index is 13.3. The molecular weight excluding hydrogens is 359 g/mol. The van der Waals surface area contributed by atoms with Gasteiger partial charge in [0.05, 0.1) is 4.92 Å². The molecule has 2 aromatic rings. The van der Waals surface area contributed by atoms with Crippen molar-refractivity contribution in [2.75, 3.05) is 13.1 Å². The van der Waals surface area contributed by atoms with Crippen molar-refractivity contribution in [1.82, 2.24) is 4.31 Å². The number of hydrogen-bond acceptors (Lipinski definition) is 4. The van der Waals surface area contributed by atoms with Gasteiger partial charge in [0.1, 0.15) is 5.82 Å². The second kappa shape index (κ2) is 7.35. The van der Waals surface area contributed by atoms with Crippen molar-refractivity contribution in [2.24, 2.45) is 0 Å². The summed E-state index contributed by atoms with van der Waals surface area (Å²) in [5.74, 6) is -0.323. The normalized spacial score (nSPS) is 15.7. The summed E-state index contributed by atoms with van der Waals surface area (Å²) in [5, 5.41) is 11.1. The van der Waals surface area contributed by atoms with Crippen LogP contribution in [0, 0.1) is 15.9 Å². The van der Waals surface area contributed by atoms with Gasteiger partial charge >= 0.3 is 0 Å². The van der Waals surface area contributed by atoms with Gasteiger partial charge in [0, 0.05) is 19.2 Å². The zero-order chi connectivity index (χ0) is 18.7. The SMILES string of the molecule is O=[N+]([O-])c1ccccc1S(=O)(=O)N1CCC(=Cc2cccc(F)c2)CC1. The van der Waals surface area contributed by atoms with Crippen LogP contribution in [0.3, 0.4) is 0 Å². The lowest BCUT2D eigenvalue weighted by atomic mass is 10.0. The number of rotatable bonds is 4. The molecule has 6 nitrogen and oxygen atoms in total. The molecular formula is C18H17FN2O4S.